The molecule has 0 aliphatic heterocycles. The van der Waals surface area contributed by atoms with E-state index in [2.05, 4.69) is 0 Å². The van der Waals surface area contributed by atoms with Crippen LogP contribution in [0.4, 0.5) is 0 Å². The van der Waals surface area contributed by atoms with Gasteiger partial charge in [0.05, 0.1) is 6.42 Å². The SMILES string of the molecule is CO.C[C-](C)OC(=O)Cc1ccc(CN)cc1.[U]. The largest absolute Gasteiger partial charge is 0.634 e. The van der Waals surface area contributed by atoms with E-state index in [0.29, 0.717) is 19.1 Å². The predicted molar refractivity (Wildman–Crippen MR) is 66.9 cm³/mol. The molecule has 100 valence electrons. The summed E-state index contributed by atoms with van der Waals surface area (Å²) in [4.78, 5) is 11.3. The van der Waals surface area contributed by atoms with E-state index >= 15 is 0 Å². The number of hydrogen-bond donors (Lipinski definition) is 2. The first-order chi connectivity index (χ1) is 8.11. The van der Waals surface area contributed by atoms with Crippen LogP contribution >= 0.6 is 0 Å². The van der Waals surface area contributed by atoms with Crippen LogP contribution in [0.5, 0.6) is 0 Å². The fourth-order valence-corrected chi connectivity index (χ4v) is 1.22. The molecule has 3 N–H and O–H groups in total. The van der Waals surface area contributed by atoms with Crippen LogP contribution in [0.25, 0.3) is 0 Å². The molecular formula is C13H20NO3U-. The van der Waals surface area contributed by atoms with Gasteiger partial charge >= 0.3 is 0 Å². The van der Waals surface area contributed by atoms with Crippen molar-refractivity contribution in [2.24, 2.45) is 5.73 Å². The first-order valence-corrected chi connectivity index (χ1v) is 5.35. The summed E-state index contributed by atoms with van der Waals surface area (Å²) >= 11 is 0. The van der Waals surface area contributed by atoms with Crippen LogP contribution in [-0.4, -0.2) is 18.2 Å². The van der Waals surface area contributed by atoms with Crippen molar-refractivity contribution >= 4 is 5.97 Å². The maximum absolute atomic E-state index is 11.3. The van der Waals surface area contributed by atoms with Crippen LogP contribution in [0.15, 0.2) is 24.3 Å². The van der Waals surface area contributed by atoms with Gasteiger partial charge in [-0.15, -0.1) is 6.10 Å². The van der Waals surface area contributed by atoms with E-state index in [1.807, 2.05) is 24.3 Å². The number of aliphatic hydroxyl groups excluding tert-OH is 1. The smallest absolute Gasteiger partial charge is 0.279 e. The normalized spacial score (nSPS) is 9.00. The molecule has 0 fully saturated rings. The van der Waals surface area contributed by atoms with Crippen molar-refractivity contribution in [1.29, 1.82) is 0 Å². The number of benzene rings is 1. The molecule has 0 aliphatic rings. The Morgan fingerprint density at radius 3 is 2.06 bits per heavy atom. The molecule has 0 aromatic heterocycles. The molecule has 0 unspecified atom stereocenters. The number of esters is 1. The second-order valence-corrected chi connectivity index (χ2v) is 3.58. The molecule has 1 rings (SSSR count). The average molecular weight is 476 g/mol. The zero-order valence-corrected chi connectivity index (χ0v) is 15.2. The molecule has 0 spiro atoms. The number of carbonyl (C=O) groups is 1. The van der Waals surface area contributed by atoms with Crippen molar-refractivity contribution in [2.45, 2.75) is 26.8 Å². The standard InChI is InChI=1S/C12H16NO2.CH4O.U/c1-9(2)15-12(14)7-10-3-5-11(8-13)6-4-10;1-2;/h3-6H,7-8,13H2,1-2H3;2H,1H3;/q-1;;. The van der Waals surface area contributed by atoms with Crippen LogP contribution in [0.3, 0.4) is 0 Å². The van der Waals surface area contributed by atoms with Gasteiger partial charge in [-0.1, -0.05) is 24.3 Å². The number of ether oxygens (including phenoxy) is 1. The third-order valence-electron chi connectivity index (χ3n) is 1.93. The van der Waals surface area contributed by atoms with Crippen LogP contribution in [0.1, 0.15) is 25.0 Å². The van der Waals surface area contributed by atoms with Crippen molar-refractivity contribution in [2.75, 3.05) is 7.11 Å². The fraction of sp³-hybridized carbons (Fsp3) is 0.385. The van der Waals surface area contributed by atoms with E-state index in [4.69, 9.17) is 15.6 Å². The van der Waals surface area contributed by atoms with E-state index in [9.17, 15) is 4.79 Å². The Balaban J connectivity index is 0. The number of rotatable bonds is 4. The number of hydrogen-bond acceptors (Lipinski definition) is 4. The third kappa shape index (κ3) is 8.71. The summed E-state index contributed by atoms with van der Waals surface area (Å²) < 4.78 is 4.96. The molecule has 1 aromatic carbocycles. The maximum atomic E-state index is 11.3. The maximum Gasteiger partial charge on any atom is 0.279 e. The molecular weight excluding hydrogens is 456 g/mol. The number of nitrogens with two attached hydrogens (primary N) is 1. The molecule has 1 aromatic rings. The zero-order chi connectivity index (χ0) is 13.3. The first-order valence-electron chi connectivity index (χ1n) is 5.35. The van der Waals surface area contributed by atoms with Gasteiger partial charge in [-0.2, -0.15) is 13.8 Å². The molecule has 0 atom stereocenters. The van der Waals surface area contributed by atoms with Crippen molar-refractivity contribution in [3.8, 4) is 0 Å². The first kappa shape index (κ1) is 20.0. The van der Waals surface area contributed by atoms with E-state index in [0.717, 1.165) is 18.2 Å². The Labute approximate surface area is 132 Å². The summed E-state index contributed by atoms with van der Waals surface area (Å²) in [6.07, 6.45) is 0.967. The predicted octanol–water partition coefficient (Wildman–Crippen LogP) is 1.41. The van der Waals surface area contributed by atoms with Gasteiger partial charge in [0.2, 0.25) is 0 Å². The number of aliphatic hydroxyl groups is 1. The Hall–Kier alpha value is -0.338. The molecule has 0 saturated carbocycles. The minimum atomic E-state index is -0.226. The van der Waals surface area contributed by atoms with E-state index in [-0.39, 0.29) is 37.1 Å². The fourth-order valence-electron chi connectivity index (χ4n) is 1.22. The molecule has 0 saturated heterocycles. The Bertz CT molecular complexity index is 326. The molecule has 4 nitrogen and oxygen atoms in total. The molecule has 0 bridgehead atoms. The molecule has 0 amide bonds. The molecule has 0 heterocycles. The molecule has 0 aliphatic carbocycles. The summed E-state index contributed by atoms with van der Waals surface area (Å²) in [5.74, 6) is -0.226. The molecule has 5 heteroatoms. The van der Waals surface area contributed by atoms with Gasteiger partial charge in [-0.25, -0.2) is 0 Å². The van der Waals surface area contributed by atoms with Gasteiger partial charge in [0.25, 0.3) is 5.97 Å². The van der Waals surface area contributed by atoms with Gasteiger partial charge in [0.15, 0.2) is 0 Å². The second kappa shape index (κ2) is 11.7. The van der Waals surface area contributed by atoms with E-state index in [1.165, 1.54) is 0 Å². The summed E-state index contributed by atoms with van der Waals surface area (Å²) in [5.41, 5.74) is 7.48. The Kier molecular flexibility index (Phi) is 13.0. The van der Waals surface area contributed by atoms with E-state index in [1.54, 1.807) is 13.8 Å². The van der Waals surface area contributed by atoms with Crippen LogP contribution in [0, 0.1) is 37.2 Å². The second-order valence-electron chi connectivity index (χ2n) is 3.58. The molecule has 0 radical (unpaired) electrons. The summed E-state index contributed by atoms with van der Waals surface area (Å²) in [5, 5.41) is 7.00. The minimum absolute atomic E-state index is 0. The topological polar surface area (TPSA) is 72.5 Å². The van der Waals surface area contributed by atoms with Crippen molar-refractivity contribution in [1.82, 2.24) is 0 Å². The molecule has 18 heavy (non-hydrogen) atoms. The van der Waals surface area contributed by atoms with Crippen molar-refractivity contribution < 1.29 is 45.8 Å². The summed E-state index contributed by atoms with van der Waals surface area (Å²) in [6.45, 7) is 4.04. The van der Waals surface area contributed by atoms with Crippen molar-refractivity contribution in [3.63, 3.8) is 0 Å². The third-order valence-corrected chi connectivity index (χ3v) is 1.93. The van der Waals surface area contributed by atoms with Crippen LogP contribution in [-0.2, 0) is 22.5 Å². The van der Waals surface area contributed by atoms with E-state index < -0.39 is 0 Å². The average Bonchev–Trinajstić information content (AvgIpc) is 2.31. The Morgan fingerprint density at radius 2 is 1.67 bits per heavy atom. The summed E-state index contributed by atoms with van der Waals surface area (Å²) in [6, 6.07) is 7.64. The van der Waals surface area contributed by atoms with Crippen LogP contribution in [0.2, 0.25) is 0 Å². The van der Waals surface area contributed by atoms with Gasteiger partial charge in [0, 0.05) is 44.8 Å². The van der Waals surface area contributed by atoms with Gasteiger partial charge in [-0.05, 0) is 11.1 Å². The van der Waals surface area contributed by atoms with Gasteiger partial charge in [-0.3, -0.25) is 4.79 Å². The number of carbonyl (C=O) groups excluding carboxylic acids is 1. The summed E-state index contributed by atoms with van der Waals surface area (Å²) in [7, 11) is 1.00. The Morgan fingerprint density at radius 1 is 1.22 bits per heavy atom. The minimum Gasteiger partial charge on any atom is -0.634 e. The van der Waals surface area contributed by atoms with Gasteiger partial charge < -0.3 is 15.6 Å². The zero-order valence-electron chi connectivity index (χ0n) is 11.1. The quantitative estimate of drug-likeness (QED) is 0.510. The van der Waals surface area contributed by atoms with Gasteiger partial charge in [0.1, 0.15) is 0 Å². The monoisotopic (exact) mass is 476 g/mol. The van der Waals surface area contributed by atoms with Crippen molar-refractivity contribution in [3.05, 3.63) is 41.5 Å². The van der Waals surface area contributed by atoms with Crippen LogP contribution < -0.4 is 5.73 Å².